The largest absolute Gasteiger partial charge is 0.467 e. The number of thioether (sulfide) groups is 1. The number of carbonyl (C=O) groups excluding carboxylic acids is 2. The second kappa shape index (κ2) is 10.4. The minimum atomic E-state index is -0.587. The van der Waals surface area contributed by atoms with Crippen LogP contribution in [0.2, 0.25) is 10.0 Å². The molecule has 0 unspecified atom stereocenters. The Bertz CT molecular complexity index is 1300. The summed E-state index contributed by atoms with van der Waals surface area (Å²) in [6, 6.07) is 17.9. The second-order valence-corrected chi connectivity index (χ2v) is 9.64. The number of aryl methyl sites for hydroxylation is 1. The normalized spacial score (nSPS) is 16.9. The quantitative estimate of drug-likeness (QED) is 0.342. The zero-order chi connectivity index (χ0) is 24.2. The average molecular weight is 512 g/mol. The Morgan fingerprint density at radius 3 is 2.62 bits per heavy atom. The lowest BCUT2D eigenvalue weighted by Crippen LogP contribution is -2.32. The lowest BCUT2D eigenvalue weighted by Gasteiger charge is -2.19. The highest BCUT2D eigenvalue weighted by molar-refractivity contribution is 8.05. The summed E-state index contributed by atoms with van der Waals surface area (Å²) in [6.07, 6.45) is 1.82. The molecular formula is C25H19Cl2N3O3S. The number of hydrogen-bond acceptors (Lipinski definition) is 5. The number of amides is 2. The molecule has 1 aromatic heterocycles. The molecule has 2 amide bonds. The number of anilines is 1. The van der Waals surface area contributed by atoms with Crippen molar-refractivity contribution in [3.05, 3.63) is 98.4 Å². The summed E-state index contributed by atoms with van der Waals surface area (Å²) in [7, 11) is 0. The smallest absolute Gasteiger partial charge is 0.265 e. The van der Waals surface area contributed by atoms with Crippen LogP contribution < -0.4 is 10.2 Å². The number of nitrogens with one attached hydrogen (secondary N) is 1. The van der Waals surface area contributed by atoms with Gasteiger partial charge in [-0.25, -0.2) is 0 Å². The van der Waals surface area contributed by atoms with E-state index in [1.807, 2.05) is 25.1 Å². The van der Waals surface area contributed by atoms with Crippen LogP contribution in [-0.4, -0.2) is 17.1 Å². The van der Waals surface area contributed by atoms with Gasteiger partial charge in [0.2, 0.25) is 5.91 Å². The van der Waals surface area contributed by atoms with Gasteiger partial charge in [0.15, 0.2) is 0 Å². The fraction of sp³-hybridized carbons (Fsp3) is 0.160. The van der Waals surface area contributed by atoms with Crippen molar-refractivity contribution in [3.63, 3.8) is 0 Å². The van der Waals surface area contributed by atoms with Crippen LogP contribution in [0.4, 0.5) is 5.69 Å². The molecule has 0 radical (unpaired) electrons. The zero-order valence-electron chi connectivity index (χ0n) is 18.0. The topological polar surface area (TPSA) is 86.3 Å². The van der Waals surface area contributed by atoms with Gasteiger partial charge in [0.1, 0.15) is 22.4 Å². The van der Waals surface area contributed by atoms with Gasteiger partial charge in [-0.3, -0.25) is 14.5 Å². The molecule has 1 atom stereocenters. The maximum absolute atomic E-state index is 13.5. The van der Waals surface area contributed by atoms with Crippen LogP contribution in [-0.2, 0) is 22.6 Å². The maximum atomic E-state index is 13.5. The Morgan fingerprint density at radius 1 is 1.21 bits per heavy atom. The molecule has 1 fully saturated rings. The van der Waals surface area contributed by atoms with E-state index in [-0.39, 0.29) is 23.1 Å². The van der Waals surface area contributed by atoms with Crippen molar-refractivity contribution in [3.8, 4) is 6.07 Å². The lowest BCUT2D eigenvalue weighted by molar-refractivity contribution is -0.117. The maximum Gasteiger partial charge on any atom is 0.265 e. The van der Waals surface area contributed by atoms with E-state index in [1.165, 1.54) is 22.9 Å². The van der Waals surface area contributed by atoms with Crippen LogP contribution in [0.1, 0.15) is 16.9 Å². The number of carbonyl (C=O) groups is 2. The predicted octanol–water partition coefficient (Wildman–Crippen LogP) is 5.64. The molecule has 4 rings (SSSR count). The van der Waals surface area contributed by atoms with Gasteiger partial charge in [0.05, 0.1) is 18.1 Å². The third-order valence-corrected chi connectivity index (χ3v) is 7.07. The third-order valence-electron chi connectivity index (χ3n) is 5.22. The van der Waals surface area contributed by atoms with Gasteiger partial charge in [-0.1, -0.05) is 58.7 Å². The number of rotatable bonds is 6. The zero-order valence-corrected chi connectivity index (χ0v) is 20.4. The van der Waals surface area contributed by atoms with Crippen LogP contribution in [0, 0.1) is 18.3 Å². The Labute approximate surface area is 211 Å². The summed E-state index contributed by atoms with van der Waals surface area (Å²) >= 11 is 13.5. The molecule has 34 heavy (non-hydrogen) atoms. The number of nitriles is 1. The van der Waals surface area contributed by atoms with Gasteiger partial charge < -0.3 is 9.73 Å². The van der Waals surface area contributed by atoms with Crippen LogP contribution in [0.5, 0.6) is 0 Å². The van der Waals surface area contributed by atoms with E-state index in [4.69, 9.17) is 27.6 Å². The van der Waals surface area contributed by atoms with Gasteiger partial charge in [-0.2, -0.15) is 5.26 Å². The van der Waals surface area contributed by atoms with Crippen molar-refractivity contribution in [1.82, 2.24) is 5.32 Å². The number of furan rings is 1. The van der Waals surface area contributed by atoms with E-state index in [1.54, 1.807) is 42.5 Å². The first-order chi connectivity index (χ1) is 16.4. The summed E-state index contributed by atoms with van der Waals surface area (Å²) in [5.74, 6) is -0.269. The molecule has 0 saturated carbocycles. The Hall–Kier alpha value is -3.18. The monoisotopic (exact) mass is 511 g/mol. The molecule has 0 spiro atoms. The molecule has 6 nitrogen and oxygen atoms in total. The first-order valence-electron chi connectivity index (χ1n) is 10.3. The standard InChI is InChI=1S/C25H19Cl2N3O3S/c1-15-4-8-18(9-5-15)30-24(32)22(11-16-6-7-17(26)12-21(16)27)34-25(30)20(13-28)23(31)29-14-19-3-2-10-33-19/h2-10,12,22H,11,14H2,1H3,(H,29,31)/b25-20-/t22-/m1/s1. The summed E-state index contributed by atoms with van der Waals surface area (Å²) < 4.78 is 5.24. The van der Waals surface area contributed by atoms with Crippen LogP contribution in [0.25, 0.3) is 0 Å². The summed E-state index contributed by atoms with van der Waals surface area (Å²) in [4.78, 5) is 27.9. The van der Waals surface area contributed by atoms with Crippen LogP contribution in [0.3, 0.4) is 0 Å². The SMILES string of the molecule is Cc1ccc(N2C(=O)[C@@H](Cc3ccc(Cl)cc3Cl)S/C2=C(/C#N)C(=O)NCc2ccco2)cc1. The average Bonchev–Trinajstić information content (AvgIpc) is 3.44. The van der Waals surface area contributed by atoms with Crippen molar-refractivity contribution >= 4 is 52.5 Å². The highest BCUT2D eigenvalue weighted by Crippen LogP contribution is 2.42. The highest BCUT2D eigenvalue weighted by atomic mass is 35.5. The van der Waals surface area contributed by atoms with Gasteiger partial charge in [0.25, 0.3) is 5.91 Å². The van der Waals surface area contributed by atoms with Crippen LogP contribution in [0.15, 0.2) is 75.9 Å². The molecule has 3 aromatic rings. The minimum Gasteiger partial charge on any atom is -0.467 e. The molecule has 1 N–H and O–H groups in total. The van der Waals surface area contributed by atoms with Gasteiger partial charge >= 0.3 is 0 Å². The Balaban J connectivity index is 1.69. The van der Waals surface area contributed by atoms with Crippen molar-refractivity contribution in [2.24, 2.45) is 0 Å². The van der Waals surface area contributed by atoms with Crippen molar-refractivity contribution in [2.45, 2.75) is 25.1 Å². The van der Waals surface area contributed by atoms with Crippen molar-refractivity contribution in [2.75, 3.05) is 4.90 Å². The predicted molar refractivity (Wildman–Crippen MR) is 133 cm³/mol. The molecule has 1 aliphatic heterocycles. The first-order valence-corrected chi connectivity index (χ1v) is 12.0. The number of halogens is 2. The van der Waals surface area contributed by atoms with E-state index in [9.17, 15) is 14.9 Å². The molecule has 172 valence electrons. The number of hydrogen-bond donors (Lipinski definition) is 1. The molecule has 9 heteroatoms. The van der Waals surface area contributed by atoms with Gasteiger partial charge in [-0.15, -0.1) is 0 Å². The van der Waals surface area contributed by atoms with Crippen LogP contribution >= 0.6 is 35.0 Å². The van der Waals surface area contributed by atoms with Crippen molar-refractivity contribution in [1.29, 1.82) is 5.26 Å². The molecule has 0 aliphatic carbocycles. The summed E-state index contributed by atoms with van der Waals surface area (Å²) in [6.45, 7) is 2.06. The van der Waals surface area contributed by atoms with E-state index >= 15 is 0 Å². The highest BCUT2D eigenvalue weighted by Gasteiger charge is 2.41. The molecular weight excluding hydrogens is 493 g/mol. The van der Waals surface area contributed by atoms with E-state index in [0.717, 1.165) is 11.1 Å². The summed E-state index contributed by atoms with van der Waals surface area (Å²) in [5.41, 5.74) is 2.21. The first kappa shape index (κ1) is 24.0. The molecule has 1 saturated heterocycles. The lowest BCUT2D eigenvalue weighted by atomic mass is 10.1. The fourth-order valence-corrected chi connectivity index (χ4v) is 5.25. The second-order valence-electron chi connectivity index (χ2n) is 7.61. The molecule has 2 heterocycles. The van der Waals surface area contributed by atoms with Crippen molar-refractivity contribution < 1.29 is 14.0 Å². The van der Waals surface area contributed by atoms with Gasteiger partial charge in [-0.05, 0) is 55.3 Å². The molecule has 2 aromatic carbocycles. The molecule has 1 aliphatic rings. The van der Waals surface area contributed by atoms with Gasteiger partial charge in [0, 0.05) is 15.7 Å². The minimum absolute atomic E-state index is 0.122. The number of benzene rings is 2. The number of nitrogens with zero attached hydrogens (tertiary/aromatic N) is 2. The summed E-state index contributed by atoms with van der Waals surface area (Å²) in [5, 5.41) is 13.2. The Kier molecular flexibility index (Phi) is 7.32. The van der Waals surface area contributed by atoms with E-state index < -0.39 is 11.2 Å². The fourth-order valence-electron chi connectivity index (χ4n) is 3.47. The van der Waals surface area contributed by atoms with E-state index in [2.05, 4.69) is 5.32 Å². The molecule has 0 bridgehead atoms. The van der Waals surface area contributed by atoms with E-state index in [0.29, 0.717) is 27.9 Å². The third kappa shape index (κ3) is 5.15. The Morgan fingerprint density at radius 2 is 1.97 bits per heavy atom.